The molecule has 0 amide bonds. The first-order valence-corrected chi connectivity index (χ1v) is 7.46. The first kappa shape index (κ1) is 14.7. The molecule has 0 saturated carbocycles. The smallest absolute Gasteiger partial charge is 0.121 e. The Kier molecular flexibility index (Phi) is 4.90. The van der Waals surface area contributed by atoms with Gasteiger partial charge in [0.05, 0.1) is 11.8 Å². The summed E-state index contributed by atoms with van der Waals surface area (Å²) in [6.45, 7) is 4.18. The number of ether oxygens (including phenoxy) is 1. The second-order valence-electron chi connectivity index (χ2n) is 4.73. The highest BCUT2D eigenvalue weighted by atomic mass is 79.9. The number of nitrogen functional groups attached to an aromatic ring is 1. The molecule has 3 N–H and O–H groups in total. The molecule has 0 radical (unpaired) electrons. The summed E-state index contributed by atoms with van der Waals surface area (Å²) in [6, 6.07) is 13.6. The van der Waals surface area contributed by atoms with E-state index in [9.17, 15) is 0 Å². The van der Waals surface area contributed by atoms with Crippen LogP contribution in [0.3, 0.4) is 0 Å². The number of hydrogen-bond donors (Lipinski definition) is 2. The third kappa shape index (κ3) is 3.90. The molecule has 0 aliphatic carbocycles. The highest BCUT2D eigenvalue weighted by Gasteiger charge is 2.04. The Morgan fingerprint density at radius 3 is 2.75 bits per heavy atom. The minimum atomic E-state index is 0.216. The molecule has 106 valence electrons. The first-order chi connectivity index (χ1) is 9.58. The van der Waals surface area contributed by atoms with Gasteiger partial charge in [0.25, 0.3) is 0 Å². The Bertz CT molecular complexity index is 586. The normalized spacial score (nSPS) is 11.9. The van der Waals surface area contributed by atoms with Crippen molar-refractivity contribution in [2.24, 2.45) is 0 Å². The van der Waals surface area contributed by atoms with Crippen molar-refractivity contribution in [2.75, 3.05) is 11.1 Å². The summed E-state index contributed by atoms with van der Waals surface area (Å²) in [5, 5.41) is 3.35. The maximum atomic E-state index is 5.82. The van der Waals surface area contributed by atoms with E-state index < -0.39 is 0 Å². The van der Waals surface area contributed by atoms with Crippen molar-refractivity contribution < 1.29 is 4.74 Å². The van der Waals surface area contributed by atoms with E-state index in [2.05, 4.69) is 35.1 Å². The molecule has 0 fully saturated rings. The van der Waals surface area contributed by atoms with E-state index >= 15 is 0 Å². The van der Waals surface area contributed by atoms with E-state index in [-0.39, 0.29) is 6.10 Å². The third-order valence-corrected chi connectivity index (χ3v) is 3.67. The average molecular weight is 335 g/mol. The van der Waals surface area contributed by atoms with Crippen LogP contribution in [0.5, 0.6) is 5.75 Å². The van der Waals surface area contributed by atoms with Gasteiger partial charge in [0.15, 0.2) is 0 Å². The minimum Gasteiger partial charge on any atom is -0.491 e. The standard InChI is InChI=1S/C16H19BrN2O/c1-3-11(2)20-14-6-4-5-13(10-14)19-16-8-7-12(18)9-15(16)17/h4-11,19H,3,18H2,1-2H3. The Balaban J connectivity index is 2.15. The molecule has 4 heteroatoms. The molecule has 0 saturated heterocycles. The fourth-order valence-electron chi connectivity index (χ4n) is 1.75. The molecule has 0 aliphatic rings. The number of halogens is 1. The molecular formula is C16H19BrN2O. The van der Waals surface area contributed by atoms with E-state index in [4.69, 9.17) is 10.5 Å². The number of anilines is 3. The van der Waals surface area contributed by atoms with E-state index in [0.29, 0.717) is 0 Å². The molecule has 2 aromatic carbocycles. The topological polar surface area (TPSA) is 47.3 Å². The van der Waals surface area contributed by atoms with Crippen molar-refractivity contribution in [1.82, 2.24) is 0 Å². The highest BCUT2D eigenvalue weighted by Crippen LogP contribution is 2.29. The van der Waals surface area contributed by atoms with Crippen LogP contribution in [0, 0.1) is 0 Å². The minimum absolute atomic E-state index is 0.216. The van der Waals surface area contributed by atoms with Crippen LogP contribution < -0.4 is 15.8 Å². The van der Waals surface area contributed by atoms with Gasteiger partial charge in [-0.15, -0.1) is 0 Å². The van der Waals surface area contributed by atoms with Crippen molar-refractivity contribution in [3.05, 3.63) is 46.9 Å². The number of hydrogen-bond acceptors (Lipinski definition) is 3. The van der Waals surface area contributed by atoms with E-state index in [1.165, 1.54) is 0 Å². The second-order valence-corrected chi connectivity index (χ2v) is 5.58. The molecule has 20 heavy (non-hydrogen) atoms. The number of nitrogens with two attached hydrogens (primary N) is 1. The molecule has 2 aromatic rings. The van der Waals surface area contributed by atoms with Crippen molar-refractivity contribution in [1.29, 1.82) is 0 Å². The van der Waals surface area contributed by atoms with E-state index in [1.807, 2.05) is 42.5 Å². The Morgan fingerprint density at radius 1 is 1.25 bits per heavy atom. The van der Waals surface area contributed by atoms with Gasteiger partial charge in [-0.05, 0) is 59.6 Å². The van der Waals surface area contributed by atoms with Gasteiger partial charge in [-0.2, -0.15) is 0 Å². The van der Waals surface area contributed by atoms with Crippen LogP contribution >= 0.6 is 15.9 Å². The first-order valence-electron chi connectivity index (χ1n) is 6.67. The van der Waals surface area contributed by atoms with Crippen LogP contribution in [0.15, 0.2) is 46.9 Å². The van der Waals surface area contributed by atoms with Crippen molar-refractivity contribution >= 4 is 33.0 Å². The summed E-state index contributed by atoms with van der Waals surface area (Å²) in [5.41, 5.74) is 8.42. The average Bonchev–Trinajstić information content (AvgIpc) is 2.42. The van der Waals surface area contributed by atoms with Gasteiger partial charge in [0.1, 0.15) is 5.75 Å². The quantitative estimate of drug-likeness (QED) is 0.760. The lowest BCUT2D eigenvalue weighted by molar-refractivity contribution is 0.217. The number of benzene rings is 2. The number of rotatable bonds is 5. The molecule has 0 heterocycles. The van der Waals surface area contributed by atoms with Crippen LogP contribution in [0.2, 0.25) is 0 Å². The van der Waals surface area contributed by atoms with Gasteiger partial charge in [-0.1, -0.05) is 13.0 Å². The van der Waals surface area contributed by atoms with Crippen LogP contribution in [0.25, 0.3) is 0 Å². The highest BCUT2D eigenvalue weighted by molar-refractivity contribution is 9.10. The predicted octanol–water partition coefficient (Wildman–Crippen LogP) is 4.95. The van der Waals surface area contributed by atoms with Crippen LogP contribution in [0.4, 0.5) is 17.1 Å². The van der Waals surface area contributed by atoms with E-state index in [1.54, 1.807) is 0 Å². The zero-order valence-electron chi connectivity index (χ0n) is 11.7. The molecule has 0 bridgehead atoms. The second kappa shape index (κ2) is 6.66. The zero-order valence-corrected chi connectivity index (χ0v) is 13.3. The lowest BCUT2D eigenvalue weighted by atomic mass is 10.2. The largest absolute Gasteiger partial charge is 0.491 e. The summed E-state index contributed by atoms with van der Waals surface area (Å²) in [4.78, 5) is 0. The summed E-state index contributed by atoms with van der Waals surface area (Å²) in [5.74, 6) is 0.871. The summed E-state index contributed by atoms with van der Waals surface area (Å²) < 4.78 is 6.76. The van der Waals surface area contributed by atoms with Crippen molar-refractivity contribution in [2.45, 2.75) is 26.4 Å². The fourth-order valence-corrected chi connectivity index (χ4v) is 2.25. The fraction of sp³-hybridized carbons (Fsp3) is 0.250. The van der Waals surface area contributed by atoms with Gasteiger partial charge < -0.3 is 15.8 Å². The van der Waals surface area contributed by atoms with Crippen LogP contribution in [-0.2, 0) is 0 Å². The van der Waals surface area contributed by atoms with Gasteiger partial charge >= 0.3 is 0 Å². The van der Waals surface area contributed by atoms with Crippen LogP contribution in [0.1, 0.15) is 20.3 Å². The van der Waals surface area contributed by atoms with Crippen molar-refractivity contribution in [3.63, 3.8) is 0 Å². The summed E-state index contributed by atoms with van der Waals surface area (Å²) >= 11 is 3.50. The number of nitrogens with one attached hydrogen (secondary N) is 1. The Labute approximate surface area is 128 Å². The predicted molar refractivity (Wildman–Crippen MR) is 88.7 cm³/mol. The maximum Gasteiger partial charge on any atom is 0.121 e. The van der Waals surface area contributed by atoms with Crippen LogP contribution in [-0.4, -0.2) is 6.10 Å². The van der Waals surface area contributed by atoms with E-state index in [0.717, 1.165) is 33.7 Å². The lowest BCUT2D eigenvalue weighted by Gasteiger charge is -2.14. The van der Waals surface area contributed by atoms with Gasteiger partial charge in [0.2, 0.25) is 0 Å². The van der Waals surface area contributed by atoms with Gasteiger partial charge in [0, 0.05) is 21.9 Å². The van der Waals surface area contributed by atoms with Gasteiger partial charge in [-0.3, -0.25) is 0 Å². The maximum absolute atomic E-state index is 5.82. The zero-order chi connectivity index (χ0) is 14.5. The lowest BCUT2D eigenvalue weighted by Crippen LogP contribution is -2.09. The SMILES string of the molecule is CCC(C)Oc1cccc(Nc2ccc(N)cc2Br)c1. The molecule has 0 aromatic heterocycles. The molecule has 1 unspecified atom stereocenters. The molecule has 0 aliphatic heterocycles. The van der Waals surface area contributed by atoms with Crippen molar-refractivity contribution in [3.8, 4) is 5.75 Å². The molecule has 3 nitrogen and oxygen atoms in total. The third-order valence-electron chi connectivity index (χ3n) is 3.02. The monoisotopic (exact) mass is 334 g/mol. The molecule has 2 rings (SSSR count). The molecular weight excluding hydrogens is 316 g/mol. The molecule has 0 spiro atoms. The summed E-state index contributed by atoms with van der Waals surface area (Å²) in [6.07, 6.45) is 1.20. The summed E-state index contributed by atoms with van der Waals surface area (Å²) in [7, 11) is 0. The molecule has 1 atom stereocenters. The Morgan fingerprint density at radius 2 is 2.05 bits per heavy atom. The van der Waals surface area contributed by atoms with Gasteiger partial charge in [-0.25, -0.2) is 0 Å². The Hall–Kier alpha value is -1.68.